The predicted octanol–water partition coefficient (Wildman–Crippen LogP) is 4.10. The van der Waals surface area contributed by atoms with Crippen LogP contribution in [0, 0.1) is 17.6 Å². The van der Waals surface area contributed by atoms with Gasteiger partial charge < -0.3 is 10.1 Å². The van der Waals surface area contributed by atoms with Gasteiger partial charge in [-0.15, -0.1) is 0 Å². The van der Waals surface area contributed by atoms with E-state index >= 15 is 8.78 Å². The second-order valence-electron chi connectivity index (χ2n) is 9.29. The minimum atomic E-state index is -4.81. The molecule has 3 rings (SSSR count). The highest BCUT2D eigenvalue weighted by molar-refractivity contribution is 6.10. The van der Waals surface area contributed by atoms with Crippen LogP contribution in [-0.4, -0.2) is 43.2 Å². The van der Waals surface area contributed by atoms with Crippen molar-refractivity contribution in [1.29, 1.82) is 0 Å². The topological polar surface area (TPSA) is 75.7 Å². The summed E-state index contributed by atoms with van der Waals surface area (Å²) >= 11 is 0. The fourth-order valence-corrected chi connectivity index (χ4v) is 4.38. The lowest BCUT2D eigenvalue weighted by molar-refractivity contribution is -0.190. The Morgan fingerprint density at radius 2 is 1.88 bits per heavy atom. The first-order chi connectivity index (χ1) is 15.7. The molecule has 2 atom stereocenters. The molecule has 1 N–H and O–H groups in total. The number of nitrogens with zero attached hydrogens (tertiary/aromatic N) is 1. The van der Waals surface area contributed by atoms with Gasteiger partial charge in [0.25, 0.3) is 0 Å². The fraction of sp³-hybridized carbons (Fsp3) is 0.609. The molecule has 1 aromatic rings. The van der Waals surface area contributed by atoms with Crippen molar-refractivity contribution in [3.63, 3.8) is 0 Å². The van der Waals surface area contributed by atoms with Crippen molar-refractivity contribution >= 4 is 23.5 Å². The second kappa shape index (κ2) is 9.14. The van der Waals surface area contributed by atoms with Gasteiger partial charge in [-0.2, -0.15) is 13.2 Å². The van der Waals surface area contributed by atoms with E-state index in [1.165, 1.54) is 20.8 Å². The Hall–Kier alpha value is -2.72. The molecule has 1 aromatic carbocycles. The number of carbonyl (C=O) groups excluding carboxylic acids is 3. The van der Waals surface area contributed by atoms with Crippen LogP contribution < -0.4 is 10.2 Å². The number of nitrogens with one attached hydrogen (secondary N) is 1. The van der Waals surface area contributed by atoms with Crippen LogP contribution in [-0.2, 0) is 24.5 Å². The van der Waals surface area contributed by atoms with Gasteiger partial charge in [-0.05, 0) is 58.1 Å². The van der Waals surface area contributed by atoms with Crippen LogP contribution in [0.4, 0.5) is 27.6 Å². The van der Waals surface area contributed by atoms with Gasteiger partial charge in [0.2, 0.25) is 11.8 Å². The maximum absolute atomic E-state index is 15.2. The normalized spacial score (nSPS) is 19.0. The number of carbonyl (C=O) groups is 3. The van der Waals surface area contributed by atoms with Crippen LogP contribution in [0.3, 0.4) is 0 Å². The predicted molar refractivity (Wildman–Crippen MR) is 112 cm³/mol. The molecule has 1 aliphatic heterocycles. The Balaban J connectivity index is 1.82. The molecule has 0 unspecified atom stereocenters. The van der Waals surface area contributed by atoms with E-state index in [2.05, 4.69) is 10.1 Å². The Labute approximate surface area is 193 Å². The number of rotatable bonds is 8. The van der Waals surface area contributed by atoms with E-state index in [1.54, 1.807) is 0 Å². The summed E-state index contributed by atoms with van der Waals surface area (Å²) in [4.78, 5) is 38.0. The highest BCUT2D eigenvalue weighted by Crippen LogP contribution is 2.50. The number of amides is 2. The molecule has 0 spiro atoms. The first-order valence-corrected chi connectivity index (χ1v) is 11.1. The van der Waals surface area contributed by atoms with Crippen LogP contribution in [0.5, 0.6) is 0 Å². The molecule has 1 heterocycles. The number of benzene rings is 1. The average molecular weight is 490 g/mol. The standard InChI is InChI=1S/C23H27F5N2O4/c1-5-34-17(32)9-14(23(26,27)28)11(2)29-16(31)10-30-20-15(24)8-13(12-6-7-12)19(25)18(20)22(3,4)21(30)33/h8,11-12,14H,5-7,9-10H2,1-4H3,(H,29,31)/t11-,14-/m1/s1. The van der Waals surface area contributed by atoms with Crippen molar-refractivity contribution in [2.24, 2.45) is 5.92 Å². The molecular weight excluding hydrogens is 463 g/mol. The summed E-state index contributed by atoms with van der Waals surface area (Å²) in [5, 5.41) is 2.14. The van der Waals surface area contributed by atoms with Gasteiger partial charge in [0, 0.05) is 11.6 Å². The second-order valence-corrected chi connectivity index (χ2v) is 9.29. The molecule has 6 nitrogen and oxygen atoms in total. The Kier molecular flexibility index (Phi) is 6.96. The maximum Gasteiger partial charge on any atom is 0.394 e. The number of fused-ring (bicyclic) bond motifs is 1. The van der Waals surface area contributed by atoms with Gasteiger partial charge in [0.05, 0.1) is 30.0 Å². The third-order valence-corrected chi connectivity index (χ3v) is 6.32. The van der Waals surface area contributed by atoms with Crippen LogP contribution >= 0.6 is 0 Å². The van der Waals surface area contributed by atoms with Crippen molar-refractivity contribution in [3.8, 4) is 0 Å². The van der Waals surface area contributed by atoms with E-state index < -0.39 is 65.9 Å². The van der Waals surface area contributed by atoms with Crippen LogP contribution in [0.15, 0.2) is 6.07 Å². The summed E-state index contributed by atoms with van der Waals surface area (Å²) in [7, 11) is 0. The number of ether oxygens (including phenoxy) is 1. The first-order valence-electron chi connectivity index (χ1n) is 11.1. The van der Waals surface area contributed by atoms with Gasteiger partial charge in [-0.3, -0.25) is 19.3 Å². The number of alkyl halides is 3. The summed E-state index contributed by atoms with van der Waals surface area (Å²) in [5.41, 5.74) is -1.81. The molecule has 0 radical (unpaired) electrons. The Morgan fingerprint density at radius 3 is 2.41 bits per heavy atom. The van der Waals surface area contributed by atoms with Crippen molar-refractivity contribution in [3.05, 3.63) is 28.8 Å². The van der Waals surface area contributed by atoms with Crippen LogP contribution in [0.2, 0.25) is 0 Å². The van der Waals surface area contributed by atoms with Crippen LogP contribution in [0.1, 0.15) is 64.0 Å². The largest absolute Gasteiger partial charge is 0.466 e. The average Bonchev–Trinajstić information content (AvgIpc) is 3.52. The fourth-order valence-electron chi connectivity index (χ4n) is 4.38. The van der Waals surface area contributed by atoms with E-state index in [-0.39, 0.29) is 29.3 Å². The van der Waals surface area contributed by atoms with Crippen molar-refractivity contribution < 1.29 is 41.1 Å². The first kappa shape index (κ1) is 25.9. The van der Waals surface area contributed by atoms with Gasteiger partial charge in [-0.1, -0.05) is 0 Å². The van der Waals surface area contributed by atoms with E-state index in [0.717, 1.165) is 17.9 Å². The van der Waals surface area contributed by atoms with Gasteiger partial charge in [0.1, 0.15) is 18.2 Å². The summed E-state index contributed by atoms with van der Waals surface area (Å²) in [5.74, 6) is -6.73. The van der Waals surface area contributed by atoms with Crippen molar-refractivity contribution in [2.75, 3.05) is 18.1 Å². The molecule has 0 aromatic heterocycles. The third kappa shape index (κ3) is 4.88. The smallest absolute Gasteiger partial charge is 0.394 e. The Morgan fingerprint density at radius 1 is 1.26 bits per heavy atom. The quantitative estimate of drug-likeness (QED) is 0.440. The Bertz CT molecular complexity index is 1000. The SMILES string of the molecule is CCOC(=O)C[C@H]([C@@H](C)NC(=O)CN1C(=O)C(C)(C)c2c(F)c(C3CC3)cc(F)c21)C(F)(F)F. The number of hydrogen-bond donors (Lipinski definition) is 1. The molecular formula is C23H27F5N2O4. The van der Waals surface area contributed by atoms with Crippen molar-refractivity contribution in [2.45, 2.75) is 70.5 Å². The number of hydrogen-bond acceptors (Lipinski definition) is 4. The summed E-state index contributed by atoms with van der Waals surface area (Å²) < 4.78 is 75.3. The lowest BCUT2D eigenvalue weighted by Crippen LogP contribution is -2.49. The minimum Gasteiger partial charge on any atom is -0.466 e. The zero-order valence-corrected chi connectivity index (χ0v) is 19.3. The van der Waals surface area contributed by atoms with E-state index in [4.69, 9.17) is 0 Å². The molecule has 0 saturated heterocycles. The molecule has 1 fully saturated rings. The summed E-state index contributed by atoms with van der Waals surface area (Å²) in [6, 6.07) is -0.520. The zero-order chi connectivity index (χ0) is 25.6. The monoisotopic (exact) mass is 490 g/mol. The molecule has 1 aliphatic carbocycles. The molecule has 0 bridgehead atoms. The highest BCUT2D eigenvalue weighted by Gasteiger charge is 2.50. The van der Waals surface area contributed by atoms with Crippen molar-refractivity contribution in [1.82, 2.24) is 5.32 Å². The molecule has 2 aliphatic rings. The lowest BCUT2D eigenvalue weighted by atomic mass is 9.84. The zero-order valence-electron chi connectivity index (χ0n) is 19.3. The molecule has 1 saturated carbocycles. The molecule has 2 amide bonds. The highest BCUT2D eigenvalue weighted by atomic mass is 19.4. The number of esters is 1. The molecule has 34 heavy (non-hydrogen) atoms. The van der Waals surface area contributed by atoms with Gasteiger partial charge in [0.15, 0.2) is 0 Å². The van der Waals surface area contributed by atoms with Gasteiger partial charge in [-0.25, -0.2) is 8.78 Å². The van der Waals surface area contributed by atoms with E-state index in [0.29, 0.717) is 12.8 Å². The van der Waals surface area contributed by atoms with E-state index in [9.17, 15) is 27.6 Å². The number of halogens is 5. The van der Waals surface area contributed by atoms with Gasteiger partial charge >= 0.3 is 12.1 Å². The lowest BCUT2D eigenvalue weighted by Gasteiger charge is -2.27. The van der Waals surface area contributed by atoms with Crippen LogP contribution in [0.25, 0.3) is 0 Å². The third-order valence-electron chi connectivity index (χ3n) is 6.32. The maximum atomic E-state index is 15.2. The molecule has 188 valence electrons. The summed E-state index contributed by atoms with van der Waals surface area (Å²) in [6.45, 7) is 4.44. The summed E-state index contributed by atoms with van der Waals surface area (Å²) in [6.07, 6.45) is -4.40. The molecule has 11 heteroatoms. The number of anilines is 1. The minimum absolute atomic E-state index is 0.0962. The van der Waals surface area contributed by atoms with E-state index in [1.807, 2.05) is 0 Å².